The Morgan fingerprint density at radius 1 is 1.55 bits per heavy atom. The average Bonchev–Trinajstić information content (AvgIpc) is 1.87. The largest absolute Gasteiger partial charge is 0.258 e. The molecule has 0 heterocycles. The Morgan fingerprint density at radius 3 is 2.36 bits per heavy atom. The lowest BCUT2D eigenvalue weighted by Gasteiger charge is -2.02. The van der Waals surface area contributed by atoms with Crippen molar-refractivity contribution < 1.29 is 4.39 Å². The summed E-state index contributed by atoms with van der Waals surface area (Å²) in [5, 5.41) is 0. The highest BCUT2D eigenvalue weighted by Crippen LogP contribution is 2.10. The second kappa shape index (κ2) is 4.83. The maximum Gasteiger partial charge on any atom is 0.134 e. The average molecular weight is 155 g/mol. The number of hydrogen-bond donors (Lipinski definition) is 0. The van der Waals surface area contributed by atoms with Crippen molar-refractivity contribution in [2.24, 2.45) is 10.9 Å². The molecule has 0 aliphatic heterocycles. The molecule has 0 aliphatic carbocycles. The summed E-state index contributed by atoms with van der Waals surface area (Å²) < 4.78 is 12.1. The number of hydrogen-bond acceptors (Lipinski definition) is 1. The van der Waals surface area contributed by atoms with Crippen LogP contribution in [0.1, 0.15) is 20.8 Å². The highest BCUT2D eigenvalue weighted by Gasteiger charge is 1.97. The Hall–Kier alpha value is -0.920. The Labute approximate surface area is 67.3 Å². The molecule has 1 nitrogen and oxygen atoms in total. The molecule has 0 rings (SSSR count). The van der Waals surface area contributed by atoms with Gasteiger partial charge >= 0.3 is 0 Å². The molecule has 0 radical (unpaired) electrons. The van der Waals surface area contributed by atoms with Crippen LogP contribution in [0.25, 0.3) is 0 Å². The van der Waals surface area contributed by atoms with E-state index in [-0.39, 0.29) is 0 Å². The molecular weight excluding hydrogens is 141 g/mol. The molecule has 0 unspecified atom stereocenters. The van der Waals surface area contributed by atoms with Crippen molar-refractivity contribution in [3.63, 3.8) is 0 Å². The van der Waals surface area contributed by atoms with Crippen LogP contribution in [0.4, 0.5) is 4.39 Å². The van der Waals surface area contributed by atoms with E-state index in [2.05, 4.69) is 11.6 Å². The summed E-state index contributed by atoms with van der Waals surface area (Å²) >= 11 is 0. The van der Waals surface area contributed by atoms with Gasteiger partial charge in [-0.1, -0.05) is 26.5 Å². The summed E-state index contributed by atoms with van der Waals surface area (Å²) in [7, 11) is 0. The number of nitrogens with zero attached hydrogens (tertiary/aromatic N) is 1. The Balaban J connectivity index is 4.22. The third-order valence-corrected chi connectivity index (χ3v) is 1.24. The lowest BCUT2D eigenvalue weighted by atomic mass is 10.1. The highest BCUT2D eigenvalue weighted by molar-refractivity contribution is 5.75. The van der Waals surface area contributed by atoms with E-state index in [0.717, 1.165) is 11.9 Å². The summed E-state index contributed by atoms with van der Waals surface area (Å²) in [5.41, 5.74) is 0.879. The molecule has 0 aromatic carbocycles. The van der Waals surface area contributed by atoms with Crippen LogP contribution in [-0.2, 0) is 0 Å². The smallest absolute Gasteiger partial charge is 0.134 e. The van der Waals surface area contributed by atoms with E-state index >= 15 is 0 Å². The number of aliphatic imine (C=N–C) groups is 1. The van der Waals surface area contributed by atoms with Gasteiger partial charge in [-0.3, -0.25) is 4.99 Å². The molecule has 0 aromatic heterocycles. The zero-order valence-electron chi connectivity index (χ0n) is 7.26. The fraction of sp³-hybridized carbons (Fsp3) is 0.444. The van der Waals surface area contributed by atoms with Crippen molar-refractivity contribution >= 4 is 6.21 Å². The first kappa shape index (κ1) is 10.1. The summed E-state index contributed by atoms with van der Waals surface area (Å²) in [5.74, 6) is -0.180. The quantitative estimate of drug-likeness (QED) is 0.555. The van der Waals surface area contributed by atoms with Gasteiger partial charge in [-0.15, -0.1) is 0 Å². The molecule has 0 atom stereocenters. The molecule has 0 N–H and O–H groups in total. The van der Waals surface area contributed by atoms with E-state index in [1.807, 2.05) is 26.8 Å². The van der Waals surface area contributed by atoms with Crippen LogP contribution in [0.5, 0.6) is 0 Å². The first-order valence-electron chi connectivity index (χ1n) is 3.62. The van der Waals surface area contributed by atoms with Crippen LogP contribution in [-0.4, -0.2) is 6.21 Å². The lowest BCUT2D eigenvalue weighted by molar-refractivity contribution is 0.688. The molecule has 62 valence electrons. The third kappa shape index (κ3) is 4.48. The van der Waals surface area contributed by atoms with E-state index in [1.54, 1.807) is 0 Å². The van der Waals surface area contributed by atoms with Gasteiger partial charge in [-0.25, -0.2) is 4.39 Å². The molecule has 0 aromatic rings. The molecule has 0 aliphatic rings. The first-order valence-corrected chi connectivity index (χ1v) is 3.62. The summed E-state index contributed by atoms with van der Waals surface area (Å²) in [6, 6.07) is 0. The molecule has 0 saturated heterocycles. The fourth-order valence-electron chi connectivity index (χ4n) is 0.702. The van der Waals surface area contributed by atoms with Gasteiger partial charge in [0.2, 0.25) is 0 Å². The summed E-state index contributed by atoms with van der Waals surface area (Å²) in [6.07, 6.45) is 3.00. The normalized spacial score (nSPS) is 13.0. The van der Waals surface area contributed by atoms with Gasteiger partial charge in [0.15, 0.2) is 0 Å². The SMILES string of the molecule is C=C(F)C=N/C(=C\C)C(C)C. The minimum Gasteiger partial charge on any atom is -0.258 e. The summed E-state index contributed by atoms with van der Waals surface area (Å²) in [6.45, 7) is 8.98. The molecule has 0 spiro atoms. The van der Waals surface area contributed by atoms with Crippen LogP contribution in [0.15, 0.2) is 29.2 Å². The Kier molecular flexibility index (Phi) is 4.42. The zero-order valence-corrected chi connectivity index (χ0v) is 7.26. The predicted molar refractivity (Wildman–Crippen MR) is 47.3 cm³/mol. The van der Waals surface area contributed by atoms with Crippen LogP contribution in [0.3, 0.4) is 0 Å². The van der Waals surface area contributed by atoms with Gasteiger partial charge in [0.25, 0.3) is 0 Å². The monoisotopic (exact) mass is 155 g/mol. The molecule has 0 fully saturated rings. The molecular formula is C9H14FN. The first-order chi connectivity index (χ1) is 5.07. The van der Waals surface area contributed by atoms with Gasteiger partial charge in [-0.05, 0) is 12.8 Å². The maximum atomic E-state index is 12.1. The predicted octanol–water partition coefficient (Wildman–Crippen LogP) is 3.10. The maximum absolute atomic E-state index is 12.1. The topological polar surface area (TPSA) is 12.4 Å². The minimum absolute atomic E-state index is 0.329. The van der Waals surface area contributed by atoms with Crippen molar-refractivity contribution in [2.75, 3.05) is 0 Å². The molecule has 11 heavy (non-hydrogen) atoms. The van der Waals surface area contributed by atoms with Crippen molar-refractivity contribution in [1.29, 1.82) is 0 Å². The van der Waals surface area contributed by atoms with E-state index in [1.165, 1.54) is 0 Å². The number of rotatable bonds is 3. The van der Waals surface area contributed by atoms with E-state index in [4.69, 9.17) is 0 Å². The van der Waals surface area contributed by atoms with Crippen molar-refractivity contribution in [3.8, 4) is 0 Å². The highest BCUT2D eigenvalue weighted by atomic mass is 19.1. The van der Waals surface area contributed by atoms with Crippen LogP contribution < -0.4 is 0 Å². The van der Waals surface area contributed by atoms with Gasteiger partial charge in [0, 0.05) is 5.70 Å². The lowest BCUT2D eigenvalue weighted by Crippen LogP contribution is -1.90. The summed E-state index contributed by atoms with van der Waals surface area (Å²) in [4.78, 5) is 3.90. The van der Waals surface area contributed by atoms with E-state index < -0.39 is 5.83 Å². The van der Waals surface area contributed by atoms with E-state index in [0.29, 0.717) is 5.92 Å². The molecule has 0 bridgehead atoms. The minimum atomic E-state index is -0.509. The third-order valence-electron chi connectivity index (χ3n) is 1.24. The zero-order chi connectivity index (χ0) is 8.85. The van der Waals surface area contributed by atoms with Crippen LogP contribution >= 0.6 is 0 Å². The van der Waals surface area contributed by atoms with Gasteiger partial charge in [-0.2, -0.15) is 0 Å². The molecule has 0 saturated carbocycles. The second-order valence-corrected chi connectivity index (χ2v) is 2.57. The van der Waals surface area contributed by atoms with Crippen LogP contribution in [0.2, 0.25) is 0 Å². The standard InChI is InChI=1S/C9H14FN/c1-5-9(7(2)3)11-6-8(4)10/h5-7H,4H2,1-3H3/b9-5-,11-6?. The number of allylic oxidation sites excluding steroid dienone is 3. The second-order valence-electron chi connectivity index (χ2n) is 2.57. The Bertz CT molecular complexity index is 190. The molecule has 0 amide bonds. The van der Waals surface area contributed by atoms with E-state index in [9.17, 15) is 4.39 Å². The van der Waals surface area contributed by atoms with Gasteiger partial charge in [0.05, 0.1) is 6.21 Å². The van der Waals surface area contributed by atoms with Crippen molar-refractivity contribution in [3.05, 3.63) is 24.2 Å². The number of halogens is 1. The fourth-order valence-corrected chi connectivity index (χ4v) is 0.702. The van der Waals surface area contributed by atoms with Crippen molar-refractivity contribution in [2.45, 2.75) is 20.8 Å². The Morgan fingerprint density at radius 2 is 2.09 bits per heavy atom. The van der Waals surface area contributed by atoms with Gasteiger partial charge in [0.1, 0.15) is 5.83 Å². The van der Waals surface area contributed by atoms with Gasteiger partial charge < -0.3 is 0 Å². The van der Waals surface area contributed by atoms with Crippen LogP contribution in [0, 0.1) is 5.92 Å². The molecule has 2 heteroatoms. The van der Waals surface area contributed by atoms with Crippen molar-refractivity contribution in [1.82, 2.24) is 0 Å².